The molecule has 7 atom stereocenters. The molecule has 9 heteroatoms. The Morgan fingerprint density at radius 1 is 1.21 bits per heavy atom. The van der Waals surface area contributed by atoms with Crippen LogP contribution in [0.5, 0.6) is 0 Å². The Labute approximate surface area is 227 Å². The number of fused-ring (bicyclic) bond motifs is 1. The van der Waals surface area contributed by atoms with E-state index in [1.807, 2.05) is 44.2 Å². The van der Waals surface area contributed by atoms with E-state index < -0.39 is 47.0 Å². The van der Waals surface area contributed by atoms with Gasteiger partial charge in [0.25, 0.3) is 0 Å². The molecule has 2 bridgehead atoms. The number of aliphatic hydroxyl groups is 1. The van der Waals surface area contributed by atoms with Crippen molar-refractivity contribution in [1.29, 1.82) is 0 Å². The number of rotatable bonds is 8. The second-order valence-electron chi connectivity index (χ2n) is 10.7. The largest absolute Gasteiger partial charge is 0.466 e. The maximum atomic E-state index is 14.3. The van der Waals surface area contributed by atoms with E-state index in [4.69, 9.17) is 21.1 Å². The lowest BCUT2D eigenvalue weighted by Crippen LogP contribution is -2.57. The number of carbonyl (C=O) groups is 3. The lowest BCUT2D eigenvalue weighted by Gasteiger charge is -2.37. The van der Waals surface area contributed by atoms with Crippen molar-refractivity contribution in [2.75, 3.05) is 18.5 Å². The summed E-state index contributed by atoms with van der Waals surface area (Å²) in [4.78, 5) is 43.1. The highest BCUT2D eigenvalue weighted by atomic mass is 35.5. The number of benzene rings is 2. The average molecular weight is 541 g/mol. The Morgan fingerprint density at radius 2 is 1.89 bits per heavy atom. The molecule has 0 radical (unpaired) electrons. The molecule has 2 amide bonds. The number of hydrogen-bond donors (Lipinski definition) is 2. The smallest absolute Gasteiger partial charge is 0.312 e. The van der Waals surface area contributed by atoms with E-state index in [0.29, 0.717) is 23.6 Å². The number of aliphatic hydroxyl groups excluding tert-OH is 1. The van der Waals surface area contributed by atoms with Gasteiger partial charge in [-0.25, -0.2) is 0 Å². The number of esters is 1. The highest BCUT2D eigenvalue weighted by Crippen LogP contribution is 2.65. The van der Waals surface area contributed by atoms with Gasteiger partial charge in [0.2, 0.25) is 11.8 Å². The number of ether oxygens (including phenoxy) is 2. The molecule has 38 heavy (non-hydrogen) atoms. The van der Waals surface area contributed by atoms with E-state index in [1.165, 1.54) is 4.90 Å². The van der Waals surface area contributed by atoms with E-state index in [1.54, 1.807) is 31.2 Å². The lowest BCUT2D eigenvalue weighted by atomic mass is 9.62. The summed E-state index contributed by atoms with van der Waals surface area (Å²) in [5.41, 5.74) is -0.899. The van der Waals surface area contributed by atoms with Crippen molar-refractivity contribution in [2.45, 2.75) is 56.9 Å². The molecule has 3 aliphatic heterocycles. The van der Waals surface area contributed by atoms with Crippen LogP contribution in [0, 0.1) is 17.8 Å². The van der Waals surface area contributed by atoms with Crippen LogP contribution in [0.2, 0.25) is 5.02 Å². The summed E-state index contributed by atoms with van der Waals surface area (Å²) >= 11 is 6.34. The second-order valence-corrected chi connectivity index (χ2v) is 11.1. The van der Waals surface area contributed by atoms with Crippen molar-refractivity contribution in [2.24, 2.45) is 17.8 Å². The van der Waals surface area contributed by atoms with Crippen LogP contribution in [0.25, 0.3) is 0 Å². The monoisotopic (exact) mass is 540 g/mol. The molecule has 5 rings (SSSR count). The number of nitrogens with one attached hydrogen (secondary N) is 1. The summed E-state index contributed by atoms with van der Waals surface area (Å²) in [6.45, 7) is 5.33. The van der Waals surface area contributed by atoms with Gasteiger partial charge in [0.1, 0.15) is 17.6 Å². The number of hydrogen-bond acceptors (Lipinski definition) is 6. The summed E-state index contributed by atoms with van der Waals surface area (Å²) in [6.07, 6.45) is 0.745. The third-order valence-corrected chi connectivity index (χ3v) is 8.92. The summed E-state index contributed by atoms with van der Waals surface area (Å²) in [5, 5.41) is 13.8. The molecule has 8 nitrogen and oxygen atoms in total. The zero-order chi connectivity index (χ0) is 27.2. The number of likely N-dealkylation sites (tertiary alicyclic amines) is 1. The van der Waals surface area contributed by atoms with E-state index in [0.717, 1.165) is 5.56 Å². The minimum Gasteiger partial charge on any atom is -0.466 e. The predicted octanol–water partition coefficient (Wildman–Crippen LogP) is 3.46. The molecule has 3 heterocycles. The first-order valence-electron chi connectivity index (χ1n) is 13.1. The number of halogens is 1. The molecular formula is C29H33ClN2O6. The van der Waals surface area contributed by atoms with Gasteiger partial charge >= 0.3 is 5.97 Å². The molecule has 3 aliphatic rings. The van der Waals surface area contributed by atoms with Gasteiger partial charge < -0.3 is 24.8 Å². The predicted molar refractivity (Wildman–Crippen MR) is 141 cm³/mol. The minimum atomic E-state index is -1.25. The van der Waals surface area contributed by atoms with Crippen molar-refractivity contribution in [3.05, 3.63) is 65.2 Å². The Balaban J connectivity index is 1.60. The first kappa shape index (κ1) is 26.7. The summed E-state index contributed by atoms with van der Waals surface area (Å²) in [6, 6.07) is 14.5. The lowest BCUT2D eigenvalue weighted by molar-refractivity contribution is -0.161. The van der Waals surface area contributed by atoms with E-state index >= 15 is 0 Å². The van der Waals surface area contributed by atoms with Gasteiger partial charge in [-0.3, -0.25) is 14.4 Å². The van der Waals surface area contributed by atoms with Crippen LogP contribution in [0.3, 0.4) is 0 Å². The molecule has 3 unspecified atom stereocenters. The molecule has 2 N–H and O–H groups in total. The molecule has 3 saturated heterocycles. The summed E-state index contributed by atoms with van der Waals surface area (Å²) < 4.78 is 12.1. The zero-order valence-corrected chi connectivity index (χ0v) is 22.5. The normalized spacial score (nSPS) is 32.2. The number of nitrogens with zero attached hydrogens (tertiary/aromatic N) is 1. The molecule has 0 saturated carbocycles. The Hall–Kier alpha value is -2.94. The molecule has 3 fully saturated rings. The molecule has 1 spiro atoms. The third kappa shape index (κ3) is 4.01. The molecule has 2 aromatic carbocycles. The first-order valence-corrected chi connectivity index (χ1v) is 13.4. The fourth-order valence-corrected chi connectivity index (χ4v) is 7.04. The quantitative estimate of drug-likeness (QED) is 0.497. The van der Waals surface area contributed by atoms with Gasteiger partial charge in [-0.15, -0.1) is 0 Å². The molecule has 0 aromatic heterocycles. The highest BCUT2D eigenvalue weighted by Gasteiger charge is 2.80. The van der Waals surface area contributed by atoms with Crippen LogP contribution in [-0.2, 0) is 30.3 Å². The summed E-state index contributed by atoms with van der Waals surface area (Å²) in [5.74, 6) is -3.24. The van der Waals surface area contributed by atoms with Crippen LogP contribution in [-0.4, -0.2) is 64.3 Å². The van der Waals surface area contributed by atoms with Crippen molar-refractivity contribution >= 4 is 35.1 Å². The Kier molecular flexibility index (Phi) is 7.00. The molecule has 202 valence electrons. The van der Waals surface area contributed by atoms with Crippen molar-refractivity contribution < 1.29 is 29.0 Å². The van der Waals surface area contributed by atoms with Gasteiger partial charge in [-0.1, -0.05) is 61.0 Å². The minimum absolute atomic E-state index is 0.113. The van der Waals surface area contributed by atoms with Gasteiger partial charge in [0, 0.05) is 0 Å². The average Bonchev–Trinajstić information content (AvgIpc) is 3.41. The van der Waals surface area contributed by atoms with Crippen molar-refractivity contribution in [3.63, 3.8) is 0 Å². The number of amides is 2. The van der Waals surface area contributed by atoms with Gasteiger partial charge in [0.15, 0.2) is 0 Å². The van der Waals surface area contributed by atoms with Crippen LogP contribution in [0.1, 0.15) is 32.8 Å². The maximum absolute atomic E-state index is 14.3. The zero-order valence-electron chi connectivity index (χ0n) is 21.7. The second kappa shape index (κ2) is 9.98. The van der Waals surface area contributed by atoms with E-state index in [2.05, 4.69) is 5.32 Å². The van der Waals surface area contributed by atoms with Crippen LogP contribution < -0.4 is 5.32 Å². The van der Waals surface area contributed by atoms with E-state index in [-0.39, 0.29) is 25.0 Å². The van der Waals surface area contributed by atoms with Crippen molar-refractivity contribution in [1.82, 2.24) is 4.90 Å². The molecule has 0 aliphatic carbocycles. The Morgan fingerprint density at radius 3 is 2.55 bits per heavy atom. The number of carbonyl (C=O) groups excluding carboxylic acids is 3. The van der Waals surface area contributed by atoms with E-state index in [9.17, 15) is 19.5 Å². The summed E-state index contributed by atoms with van der Waals surface area (Å²) in [7, 11) is 0. The van der Waals surface area contributed by atoms with Crippen LogP contribution >= 0.6 is 11.6 Å². The molecular weight excluding hydrogens is 508 g/mol. The third-order valence-electron chi connectivity index (χ3n) is 8.59. The SMILES string of the molecule is CCOC(=O)[C@H]1[C@H]2C(=O)N([C@@H](CO)Cc3ccccc3)C(C(=O)Nc3ccccc3Cl)C23CC(C)[C@]1(C)O3. The highest BCUT2D eigenvalue weighted by molar-refractivity contribution is 6.33. The van der Waals surface area contributed by atoms with Crippen molar-refractivity contribution in [3.8, 4) is 0 Å². The Bertz CT molecular complexity index is 1240. The number of para-hydroxylation sites is 1. The van der Waals surface area contributed by atoms with Crippen LogP contribution in [0.15, 0.2) is 54.6 Å². The van der Waals surface area contributed by atoms with Gasteiger partial charge in [-0.05, 0) is 50.3 Å². The molecule has 2 aromatic rings. The van der Waals surface area contributed by atoms with Crippen LogP contribution in [0.4, 0.5) is 5.69 Å². The van der Waals surface area contributed by atoms with Gasteiger partial charge in [-0.2, -0.15) is 0 Å². The fourth-order valence-electron chi connectivity index (χ4n) is 6.86. The number of anilines is 1. The standard InChI is InChI=1S/C29H33ClN2O6/c1-4-37-27(36)23-22-26(35)32(19(16-33)14-18-10-6-5-7-11-18)24(29(22)15-17(2)28(23,3)38-29)25(34)31-21-13-9-8-12-20(21)30/h5-13,17,19,22-24,33H,4,14-16H2,1-3H3,(H,31,34)/t17?,19-,22+,23-,24?,28+,29?/m1/s1. The topological polar surface area (TPSA) is 105 Å². The van der Waals surface area contributed by atoms with Gasteiger partial charge in [0.05, 0.1) is 41.5 Å². The maximum Gasteiger partial charge on any atom is 0.312 e. The fraction of sp³-hybridized carbons (Fsp3) is 0.483. The first-order chi connectivity index (χ1) is 18.2.